The van der Waals surface area contributed by atoms with Crippen LogP contribution in [-0.4, -0.2) is 0 Å². The molecular weight excluding hydrogens is 753 g/mol. The number of benzene rings is 8. The van der Waals surface area contributed by atoms with Crippen molar-refractivity contribution in [1.82, 2.24) is 0 Å². The largest absolute Gasteiger partial charge is 0.314 e. The number of hydrogen-bond acceptors (Lipinski definition) is 4. The minimum atomic E-state index is 0.555. The summed E-state index contributed by atoms with van der Waals surface area (Å²) in [5, 5.41) is 0. The summed E-state index contributed by atoms with van der Waals surface area (Å²) in [5.41, 5.74) is 17.3. The molecule has 302 valence electrons. The Morgan fingerprint density at radius 3 is 1.00 bits per heavy atom. The zero-order chi connectivity index (χ0) is 42.0. The third-order valence-corrected chi connectivity index (χ3v) is 12.0. The van der Waals surface area contributed by atoms with Gasteiger partial charge in [-0.3, -0.25) is 0 Å². The van der Waals surface area contributed by atoms with Gasteiger partial charge in [0.2, 0.25) is 0 Å². The van der Waals surface area contributed by atoms with Crippen molar-refractivity contribution in [3.8, 4) is 0 Å². The van der Waals surface area contributed by atoms with Gasteiger partial charge in [0.25, 0.3) is 0 Å². The van der Waals surface area contributed by atoms with E-state index >= 15 is 0 Å². The summed E-state index contributed by atoms with van der Waals surface area (Å²) in [4.78, 5) is 9.49. The molecule has 62 heavy (non-hydrogen) atoms. The highest BCUT2D eigenvalue weighted by Crippen LogP contribution is 2.51. The van der Waals surface area contributed by atoms with E-state index in [4.69, 9.17) is 0 Å². The predicted octanol–water partition coefficient (Wildman–Crippen LogP) is 16.2. The lowest BCUT2D eigenvalue weighted by Crippen LogP contribution is -2.19. The Balaban J connectivity index is 1.06. The van der Waals surface area contributed by atoms with Gasteiger partial charge in [0.1, 0.15) is 0 Å². The molecule has 4 heteroatoms. The summed E-state index contributed by atoms with van der Waals surface area (Å²) < 4.78 is 0. The molecule has 2 aliphatic carbocycles. The van der Waals surface area contributed by atoms with Crippen LogP contribution in [0.5, 0.6) is 0 Å². The number of rotatable bonds is 12. The molecule has 1 fully saturated rings. The van der Waals surface area contributed by atoms with Crippen LogP contribution in [0.3, 0.4) is 0 Å². The minimum Gasteiger partial charge on any atom is -0.314 e. The average molecular weight is 803 g/mol. The Hall–Kier alpha value is -7.56. The summed E-state index contributed by atoms with van der Waals surface area (Å²) in [6.45, 7) is 6.47. The normalized spacial score (nSPS) is 15.0. The molecule has 4 nitrogen and oxygen atoms in total. The van der Waals surface area contributed by atoms with Gasteiger partial charge in [-0.15, -0.1) is 0 Å². The first kappa shape index (κ1) is 38.6. The molecule has 2 atom stereocenters. The van der Waals surface area contributed by atoms with Crippen LogP contribution in [0.25, 0.3) is 0 Å². The number of aryl methyl sites for hydroxylation is 3. The second-order valence-electron chi connectivity index (χ2n) is 16.6. The van der Waals surface area contributed by atoms with Gasteiger partial charge >= 0.3 is 0 Å². The summed E-state index contributed by atoms with van der Waals surface area (Å²) in [7, 11) is 0. The van der Waals surface area contributed by atoms with Crippen LogP contribution in [0.15, 0.2) is 230 Å². The van der Waals surface area contributed by atoms with E-state index in [0.717, 1.165) is 56.9 Å². The van der Waals surface area contributed by atoms with E-state index in [1.54, 1.807) is 0 Å². The molecule has 0 heterocycles. The Kier molecular flexibility index (Phi) is 10.5. The second kappa shape index (κ2) is 16.8. The SMILES string of the molecule is Cc1cccc(N(C2=CC=CC3CC23)c2ccc(N(c3ccc(N(c4ccccc4)c4cccc(C)c4)cc3)c3ccc(N(c4ccccc4)c4cccc(C)c4)cc3)cc2)c1. The van der Waals surface area contributed by atoms with Crippen molar-refractivity contribution in [2.45, 2.75) is 27.2 Å². The average Bonchev–Trinajstić information content (AvgIpc) is 4.11. The third kappa shape index (κ3) is 7.91. The topological polar surface area (TPSA) is 13.0 Å². The fraction of sp³-hybridized carbons (Fsp3) is 0.103. The lowest BCUT2D eigenvalue weighted by Gasteiger charge is -2.31. The van der Waals surface area contributed by atoms with E-state index in [2.05, 4.69) is 265 Å². The first-order valence-electron chi connectivity index (χ1n) is 21.7. The predicted molar refractivity (Wildman–Crippen MR) is 262 cm³/mol. The van der Waals surface area contributed by atoms with E-state index in [0.29, 0.717) is 11.8 Å². The number of fused-ring (bicyclic) bond motifs is 1. The van der Waals surface area contributed by atoms with Crippen LogP contribution >= 0.6 is 0 Å². The van der Waals surface area contributed by atoms with Gasteiger partial charge in [-0.1, -0.05) is 84.9 Å². The summed E-state index contributed by atoms with van der Waals surface area (Å²) in [6, 6.07) is 74.6. The standard InChI is InChI=1S/C58H50N4/c1-42-14-10-22-54(38-42)60(46-18-6-4-7-19-46)51-30-26-48(27-31-51)59(49-28-32-52(33-29-49)61(47-20-8-5-9-21-47)55-23-11-15-43(2)39-55)50-34-36-53(37-35-50)62(56-24-12-16-44(3)40-56)58-25-13-17-45-41-57(45)58/h4-40,45,57H,41H2,1-3H3. The molecule has 8 aromatic rings. The van der Waals surface area contributed by atoms with Crippen molar-refractivity contribution in [1.29, 1.82) is 0 Å². The smallest absolute Gasteiger partial charge is 0.0464 e. The van der Waals surface area contributed by atoms with E-state index < -0.39 is 0 Å². The van der Waals surface area contributed by atoms with Crippen LogP contribution in [-0.2, 0) is 0 Å². The zero-order valence-electron chi connectivity index (χ0n) is 35.5. The molecule has 0 saturated heterocycles. The van der Waals surface area contributed by atoms with Gasteiger partial charge in [-0.05, 0) is 189 Å². The Labute approximate surface area is 366 Å². The highest BCUT2D eigenvalue weighted by Gasteiger charge is 2.42. The zero-order valence-corrected chi connectivity index (χ0v) is 35.5. The van der Waals surface area contributed by atoms with Crippen molar-refractivity contribution in [3.05, 3.63) is 247 Å². The van der Waals surface area contributed by atoms with Crippen LogP contribution in [0, 0.1) is 32.6 Å². The van der Waals surface area contributed by atoms with Gasteiger partial charge in [0.15, 0.2) is 0 Å². The van der Waals surface area contributed by atoms with Gasteiger partial charge in [0, 0.05) is 74.2 Å². The molecule has 2 aliphatic rings. The maximum atomic E-state index is 2.46. The molecule has 0 N–H and O–H groups in total. The number of allylic oxidation sites excluding steroid dienone is 4. The van der Waals surface area contributed by atoms with Crippen molar-refractivity contribution >= 4 is 62.6 Å². The van der Waals surface area contributed by atoms with E-state index in [1.807, 2.05) is 0 Å². The van der Waals surface area contributed by atoms with Crippen LogP contribution in [0.4, 0.5) is 62.6 Å². The second-order valence-corrected chi connectivity index (χ2v) is 16.6. The molecule has 0 aromatic heterocycles. The van der Waals surface area contributed by atoms with E-state index in [9.17, 15) is 0 Å². The molecule has 0 radical (unpaired) electrons. The fourth-order valence-electron chi connectivity index (χ4n) is 8.92. The molecule has 1 saturated carbocycles. The number of anilines is 11. The minimum absolute atomic E-state index is 0.555. The first-order chi connectivity index (χ1) is 30.5. The molecule has 10 rings (SSSR count). The Bertz CT molecular complexity index is 2730. The van der Waals surface area contributed by atoms with Gasteiger partial charge in [-0.25, -0.2) is 0 Å². The summed E-state index contributed by atoms with van der Waals surface area (Å²) in [6.07, 6.45) is 8.12. The van der Waals surface area contributed by atoms with E-state index in [1.165, 1.54) is 34.5 Å². The van der Waals surface area contributed by atoms with Crippen molar-refractivity contribution in [3.63, 3.8) is 0 Å². The van der Waals surface area contributed by atoms with E-state index in [-0.39, 0.29) is 0 Å². The highest BCUT2D eigenvalue weighted by atomic mass is 15.2. The molecule has 0 bridgehead atoms. The lowest BCUT2D eigenvalue weighted by atomic mass is 10.1. The fourth-order valence-corrected chi connectivity index (χ4v) is 8.92. The van der Waals surface area contributed by atoms with Gasteiger partial charge < -0.3 is 19.6 Å². The van der Waals surface area contributed by atoms with Crippen LogP contribution in [0.2, 0.25) is 0 Å². The number of nitrogens with zero attached hydrogens (tertiary/aromatic N) is 4. The maximum Gasteiger partial charge on any atom is 0.0464 e. The molecular formula is C58H50N4. The monoisotopic (exact) mass is 802 g/mol. The molecule has 0 spiro atoms. The molecule has 0 aliphatic heterocycles. The first-order valence-corrected chi connectivity index (χ1v) is 21.7. The molecule has 2 unspecified atom stereocenters. The van der Waals surface area contributed by atoms with Crippen molar-refractivity contribution in [2.24, 2.45) is 11.8 Å². The highest BCUT2D eigenvalue weighted by molar-refractivity contribution is 5.84. The third-order valence-electron chi connectivity index (χ3n) is 12.0. The number of hydrogen-bond donors (Lipinski definition) is 0. The lowest BCUT2D eigenvalue weighted by molar-refractivity contribution is 0.871. The van der Waals surface area contributed by atoms with Gasteiger partial charge in [0.05, 0.1) is 0 Å². The van der Waals surface area contributed by atoms with Crippen LogP contribution in [0.1, 0.15) is 23.1 Å². The Morgan fingerprint density at radius 1 is 0.323 bits per heavy atom. The van der Waals surface area contributed by atoms with Crippen molar-refractivity contribution in [2.75, 3.05) is 19.6 Å². The quantitative estimate of drug-likeness (QED) is 0.122. The summed E-state index contributed by atoms with van der Waals surface area (Å²) >= 11 is 0. The van der Waals surface area contributed by atoms with Crippen LogP contribution < -0.4 is 19.6 Å². The van der Waals surface area contributed by atoms with Crippen molar-refractivity contribution < 1.29 is 0 Å². The summed E-state index contributed by atoms with van der Waals surface area (Å²) in [5.74, 6) is 1.19. The number of para-hydroxylation sites is 2. The maximum absolute atomic E-state index is 2.46. The Morgan fingerprint density at radius 2 is 0.629 bits per heavy atom. The van der Waals surface area contributed by atoms with Gasteiger partial charge in [-0.2, -0.15) is 0 Å². The molecule has 8 aromatic carbocycles. The molecule has 0 amide bonds.